The highest BCUT2D eigenvalue weighted by Gasteiger charge is 2.30. The maximum Gasteiger partial charge on any atom is 0.214 e. The molecule has 2 aliphatic rings. The lowest BCUT2D eigenvalue weighted by Crippen LogP contribution is -2.47. The number of ether oxygens (including phenoxy) is 1. The Bertz CT molecular complexity index is 339. The Balaban J connectivity index is 1.92. The van der Waals surface area contributed by atoms with Gasteiger partial charge in [0.25, 0.3) is 0 Å². The van der Waals surface area contributed by atoms with E-state index in [2.05, 4.69) is 5.32 Å². The maximum atomic E-state index is 12.2. The van der Waals surface area contributed by atoms with Gasteiger partial charge in [0.1, 0.15) is 0 Å². The number of rotatable bonds is 3. The van der Waals surface area contributed by atoms with Gasteiger partial charge in [-0.05, 0) is 38.8 Å². The summed E-state index contributed by atoms with van der Waals surface area (Å²) in [6, 6.07) is 0. The van der Waals surface area contributed by atoms with E-state index >= 15 is 0 Å². The molecule has 100 valence electrons. The Labute approximate surface area is 104 Å². The lowest BCUT2D eigenvalue weighted by molar-refractivity contribution is 0.0100. The Kier molecular flexibility index (Phi) is 4.41. The van der Waals surface area contributed by atoms with Crippen LogP contribution in [-0.4, -0.2) is 57.4 Å². The molecule has 0 aromatic rings. The minimum atomic E-state index is -3.10. The Morgan fingerprint density at radius 1 is 1.47 bits per heavy atom. The highest BCUT2D eigenvalue weighted by Crippen LogP contribution is 2.17. The van der Waals surface area contributed by atoms with Gasteiger partial charge in [-0.15, -0.1) is 0 Å². The van der Waals surface area contributed by atoms with Crippen molar-refractivity contribution in [1.82, 2.24) is 9.62 Å². The summed E-state index contributed by atoms with van der Waals surface area (Å²) in [6.45, 7) is 5.30. The first kappa shape index (κ1) is 13.3. The zero-order chi connectivity index (χ0) is 12.3. The van der Waals surface area contributed by atoms with Crippen molar-refractivity contribution in [1.29, 1.82) is 0 Å². The van der Waals surface area contributed by atoms with Crippen molar-refractivity contribution in [2.75, 3.05) is 38.5 Å². The predicted octanol–water partition coefficient (Wildman–Crippen LogP) is 0.0365. The van der Waals surface area contributed by atoms with Crippen LogP contribution in [0.5, 0.6) is 0 Å². The fourth-order valence-corrected chi connectivity index (χ4v) is 4.39. The summed E-state index contributed by atoms with van der Waals surface area (Å²) < 4.78 is 31.5. The van der Waals surface area contributed by atoms with Gasteiger partial charge in [0.15, 0.2) is 0 Å². The van der Waals surface area contributed by atoms with Crippen molar-refractivity contribution < 1.29 is 13.2 Å². The van der Waals surface area contributed by atoms with Crippen LogP contribution < -0.4 is 5.32 Å². The molecule has 0 bridgehead atoms. The van der Waals surface area contributed by atoms with E-state index in [0.29, 0.717) is 19.7 Å². The van der Waals surface area contributed by atoms with E-state index in [9.17, 15) is 8.42 Å². The molecule has 0 amide bonds. The highest BCUT2D eigenvalue weighted by atomic mass is 32.2. The molecule has 1 N–H and O–H groups in total. The molecule has 5 nitrogen and oxygen atoms in total. The first-order chi connectivity index (χ1) is 8.08. The second-order valence-electron chi connectivity index (χ2n) is 5.03. The Morgan fingerprint density at radius 3 is 2.94 bits per heavy atom. The zero-order valence-electron chi connectivity index (χ0n) is 10.4. The molecule has 2 fully saturated rings. The fourth-order valence-electron chi connectivity index (χ4n) is 2.51. The second kappa shape index (κ2) is 5.65. The van der Waals surface area contributed by atoms with Crippen molar-refractivity contribution in [3.63, 3.8) is 0 Å². The molecule has 2 saturated heterocycles. The van der Waals surface area contributed by atoms with E-state index in [-0.39, 0.29) is 17.8 Å². The van der Waals surface area contributed by atoms with Crippen molar-refractivity contribution in [3.05, 3.63) is 0 Å². The monoisotopic (exact) mass is 262 g/mol. The van der Waals surface area contributed by atoms with Crippen molar-refractivity contribution >= 4 is 10.0 Å². The lowest BCUT2D eigenvalue weighted by atomic mass is 10.0. The summed E-state index contributed by atoms with van der Waals surface area (Å²) in [5, 5.41) is 3.26. The fraction of sp³-hybridized carbons (Fsp3) is 1.00. The second-order valence-corrected chi connectivity index (χ2v) is 7.04. The number of nitrogens with zero attached hydrogens (tertiary/aromatic N) is 1. The quantitative estimate of drug-likeness (QED) is 0.780. The van der Waals surface area contributed by atoms with E-state index in [1.807, 2.05) is 6.92 Å². The summed E-state index contributed by atoms with van der Waals surface area (Å²) in [6.07, 6.45) is 2.12. The molecule has 17 heavy (non-hydrogen) atoms. The molecule has 0 aromatic carbocycles. The van der Waals surface area contributed by atoms with Crippen LogP contribution in [0.2, 0.25) is 0 Å². The molecule has 0 radical (unpaired) electrons. The van der Waals surface area contributed by atoms with Crippen LogP contribution in [0.15, 0.2) is 0 Å². The number of piperidine rings is 1. The predicted molar refractivity (Wildman–Crippen MR) is 66.4 cm³/mol. The molecule has 0 aliphatic carbocycles. The van der Waals surface area contributed by atoms with Crippen LogP contribution in [0.25, 0.3) is 0 Å². The van der Waals surface area contributed by atoms with Crippen LogP contribution >= 0.6 is 0 Å². The third kappa shape index (κ3) is 3.64. The van der Waals surface area contributed by atoms with E-state index in [1.165, 1.54) is 0 Å². The van der Waals surface area contributed by atoms with Crippen molar-refractivity contribution in [2.45, 2.75) is 25.9 Å². The molecule has 2 aliphatic heterocycles. The molecule has 2 unspecified atom stereocenters. The minimum Gasteiger partial charge on any atom is -0.376 e. The first-order valence-corrected chi connectivity index (χ1v) is 7.99. The van der Waals surface area contributed by atoms with Gasteiger partial charge in [0, 0.05) is 13.1 Å². The average molecular weight is 262 g/mol. The van der Waals surface area contributed by atoms with E-state index in [0.717, 1.165) is 25.9 Å². The summed E-state index contributed by atoms with van der Waals surface area (Å²) in [5.74, 6) is 0.555. The minimum absolute atomic E-state index is 0.0167. The van der Waals surface area contributed by atoms with Crippen LogP contribution in [0, 0.1) is 5.92 Å². The molecule has 0 aromatic heterocycles. The summed E-state index contributed by atoms with van der Waals surface area (Å²) in [5.41, 5.74) is 0. The highest BCUT2D eigenvalue weighted by molar-refractivity contribution is 7.89. The third-order valence-electron chi connectivity index (χ3n) is 3.44. The van der Waals surface area contributed by atoms with Gasteiger partial charge in [0.2, 0.25) is 10.0 Å². The lowest BCUT2D eigenvalue weighted by Gasteiger charge is -2.32. The van der Waals surface area contributed by atoms with Crippen LogP contribution in [0.4, 0.5) is 0 Å². The first-order valence-electron chi connectivity index (χ1n) is 6.38. The molecular formula is C11H22N2O3S. The molecule has 2 rings (SSSR count). The molecule has 6 heteroatoms. The SMILES string of the molecule is CC1CN(S(=O)(=O)CC2CCCNC2)CCO1. The normalized spacial score (nSPS) is 32.5. The Hall–Kier alpha value is -0.170. The molecule has 2 atom stereocenters. The van der Waals surface area contributed by atoms with Gasteiger partial charge in [0.05, 0.1) is 18.5 Å². The number of hydrogen-bond donors (Lipinski definition) is 1. The molecular weight excluding hydrogens is 240 g/mol. The van der Waals surface area contributed by atoms with Gasteiger partial charge in [-0.25, -0.2) is 8.42 Å². The standard InChI is InChI=1S/C11H22N2O3S/c1-10-8-13(5-6-16-10)17(14,15)9-11-3-2-4-12-7-11/h10-12H,2-9H2,1H3. The molecule has 0 spiro atoms. The van der Waals surface area contributed by atoms with Crippen LogP contribution in [-0.2, 0) is 14.8 Å². The average Bonchev–Trinajstić information content (AvgIpc) is 2.30. The molecule has 0 saturated carbocycles. The third-order valence-corrected chi connectivity index (χ3v) is 5.45. The van der Waals surface area contributed by atoms with Gasteiger partial charge in [-0.1, -0.05) is 0 Å². The van der Waals surface area contributed by atoms with Crippen molar-refractivity contribution in [3.8, 4) is 0 Å². The number of hydrogen-bond acceptors (Lipinski definition) is 4. The Morgan fingerprint density at radius 2 is 2.29 bits per heavy atom. The topological polar surface area (TPSA) is 58.6 Å². The van der Waals surface area contributed by atoms with E-state index in [1.54, 1.807) is 4.31 Å². The summed E-state index contributed by atoms with van der Waals surface area (Å²) in [7, 11) is -3.10. The van der Waals surface area contributed by atoms with E-state index in [4.69, 9.17) is 4.74 Å². The van der Waals surface area contributed by atoms with Gasteiger partial charge < -0.3 is 10.1 Å². The zero-order valence-corrected chi connectivity index (χ0v) is 11.2. The number of nitrogens with one attached hydrogen (secondary N) is 1. The summed E-state index contributed by atoms with van der Waals surface area (Å²) in [4.78, 5) is 0. The van der Waals surface area contributed by atoms with Crippen LogP contribution in [0.3, 0.4) is 0 Å². The molecule has 2 heterocycles. The van der Waals surface area contributed by atoms with Crippen molar-refractivity contribution in [2.24, 2.45) is 5.92 Å². The summed E-state index contributed by atoms with van der Waals surface area (Å²) >= 11 is 0. The van der Waals surface area contributed by atoms with E-state index < -0.39 is 10.0 Å². The number of morpholine rings is 1. The number of sulfonamides is 1. The van der Waals surface area contributed by atoms with Crippen LogP contribution in [0.1, 0.15) is 19.8 Å². The van der Waals surface area contributed by atoms with Gasteiger partial charge >= 0.3 is 0 Å². The maximum absolute atomic E-state index is 12.2. The largest absolute Gasteiger partial charge is 0.376 e. The van der Waals surface area contributed by atoms with Gasteiger partial charge in [-0.3, -0.25) is 0 Å². The smallest absolute Gasteiger partial charge is 0.214 e. The van der Waals surface area contributed by atoms with Gasteiger partial charge in [-0.2, -0.15) is 4.31 Å².